The van der Waals surface area contributed by atoms with E-state index in [0.717, 1.165) is 5.92 Å². The van der Waals surface area contributed by atoms with Crippen molar-refractivity contribution in [3.05, 3.63) is 13.2 Å². The molecule has 0 saturated heterocycles. The molecule has 0 spiro atoms. The van der Waals surface area contributed by atoms with Gasteiger partial charge in [-0.05, 0) is 5.92 Å². The molecule has 0 aliphatic rings. The molecule has 0 bridgehead atoms. The van der Waals surface area contributed by atoms with E-state index in [0.29, 0.717) is 0 Å². The molecule has 0 aromatic rings. The van der Waals surface area contributed by atoms with Gasteiger partial charge >= 0.3 is 0 Å². The van der Waals surface area contributed by atoms with Crippen LogP contribution in [0.15, 0.2) is 13.2 Å². The molecule has 0 nitrogen and oxygen atoms in total. The Balaban J connectivity index is 0. The van der Waals surface area contributed by atoms with Crippen molar-refractivity contribution in [3.8, 4) is 0 Å². The smallest absolute Gasteiger partial charge is 0.0448 e. The van der Waals surface area contributed by atoms with Crippen molar-refractivity contribution in [3.63, 3.8) is 0 Å². The van der Waals surface area contributed by atoms with Crippen LogP contribution >= 0.6 is 0 Å². The lowest BCUT2D eigenvalue weighted by atomic mass is 10.1. The molecule has 0 heteroatoms. The predicted octanol–water partition coefficient (Wildman–Crippen LogP) is 3.24. The van der Waals surface area contributed by atoms with Gasteiger partial charge in [0.2, 0.25) is 0 Å². The molecule has 0 saturated carbocycles. The monoisotopic (exact) mass is 114 g/mol. The second-order valence-corrected chi connectivity index (χ2v) is 1.92. The van der Waals surface area contributed by atoms with Crippen LogP contribution in [0.25, 0.3) is 0 Å². The van der Waals surface area contributed by atoms with Crippen LogP contribution in [0.3, 0.4) is 0 Å². The lowest BCUT2D eigenvalue weighted by Gasteiger charge is -1.98. The largest absolute Gasteiger partial charge is 0.106 e. The fourth-order valence-electron chi connectivity index (χ4n) is 0.289. The average molecular weight is 114 g/mol. The van der Waals surface area contributed by atoms with E-state index >= 15 is 0 Å². The van der Waals surface area contributed by atoms with Crippen LogP contribution in [0.2, 0.25) is 0 Å². The van der Waals surface area contributed by atoms with Crippen molar-refractivity contribution >= 4 is 0 Å². The van der Waals surface area contributed by atoms with Gasteiger partial charge in [-0.2, -0.15) is 0 Å². The lowest BCUT2D eigenvalue weighted by molar-refractivity contribution is 0.544. The van der Waals surface area contributed by atoms with Crippen LogP contribution in [0, 0.1) is 5.92 Å². The fraction of sp³-hybridized carbons (Fsp3) is 0.750. The standard InChI is InChI=1S/C6H14.C2H4/c1-4-6(3)5-2;1-2/h6H,4-5H2,1-3H3;1-2H2. The zero-order valence-electron chi connectivity index (χ0n) is 6.41. The minimum atomic E-state index is 0.935. The first kappa shape index (κ1) is 10.7. The van der Waals surface area contributed by atoms with Gasteiger partial charge < -0.3 is 0 Å². The summed E-state index contributed by atoms with van der Waals surface area (Å²) in [5.74, 6) is 0.935. The Hall–Kier alpha value is -0.260. The summed E-state index contributed by atoms with van der Waals surface area (Å²) in [6.45, 7) is 12.7. The number of hydrogen-bond acceptors (Lipinski definition) is 0. The highest BCUT2D eigenvalue weighted by atomic mass is 13.9. The van der Waals surface area contributed by atoms with Gasteiger partial charge in [-0.15, -0.1) is 13.2 Å². The van der Waals surface area contributed by atoms with Crippen LogP contribution < -0.4 is 0 Å². The van der Waals surface area contributed by atoms with E-state index in [4.69, 9.17) is 0 Å². The van der Waals surface area contributed by atoms with Crippen LogP contribution in [-0.4, -0.2) is 0 Å². The van der Waals surface area contributed by atoms with Crippen molar-refractivity contribution < 1.29 is 0 Å². The third kappa shape index (κ3) is 9.22. The molecule has 0 atom stereocenters. The summed E-state index contributed by atoms with van der Waals surface area (Å²) in [6.07, 6.45) is 2.66. The maximum Gasteiger partial charge on any atom is -0.0448 e. The van der Waals surface area contributed by atoms with Gasteiger partial charge in [-0.25, -0.2) is 0 Å². The summed E-state index contributed by atoms with van der Waals surface area (Å²) < 4.78 is 0. The van der Waals surface area contributed by atoms with E-state index < -0.39 is 0 Å². The second kappa shape index (κ2) is 9.88. The summed E-state index contributed by atoms with van der Waals surface area (Å²) in [4.78, 5) is 0. The Morgan fingerprint density at radius 2 is 1.38 bits per heavy atom. The molecule has 0 aromatic heterocycles. The third-order valence-corrected chi connectivity index (χ3v) is 1.39. The number of rotatable bonds is 2. The molecule has 0 aromatic carbocycles. The molecular weight excluding hydrogens is 96.1 g/mol. The molecule has 0 fully saturated rings. The van der Waals surface area contributed by atoms with Crippen molar-refractivity contribution in [1.82, 2.24) is 0 Å². The molecule has 0 aliphatic carbocycles. The first-order chi connectivity index (χ1) is 3.81. The summed E-state index contributed by atoms with van der Waals surface area (Å²) >= 11 is 0. The van der Waals surface area contributed by atoms with E-state index in [1.165, 1.54) is 12.8 Å². The van der Waals surface area contributed by atoms with Crippen molar-refractivity contribution in [2.45, 2.75) is 33.6 Å². The summed E-state index contributed by atoms with van der Waals surface area (Å²) in [5, 5.41) is 0. The Morgan fingerprint density at radius 1 is 1.12 bits per heavy atom. The minimum Gasteiger partial charge on any atom is -0.106 e. The molecule has 0 N–H and O–H groups in total. The molecule has 0 heterocycles. The van der Waals surface area contributed by atoms with Crippen LogP contribution in [0.4, 0.5) is 0 Å². The van der Waals surface area contributed by atoms with Gasteiger partial charge in [0.15, 0.2) is 0 Å². The third-order valence-electron chi connectivity index (χ3n) is 1.39. The highest BCUT2D eigenvalue weighted by Crippen LogP contribution is 2.02. The zero-order chi connectivity index (χ0) is 6.99. The van der Waals surface area contributed by atoms with Crippen molar-refractivity contribution in [2.75, 3.05) is 0 Å². The van der Waals surface area contributed by atoms with Crippen LogP contribution in [-0.2, 0) is 0 Å². The predicted molar refractivity (Wildman–Crippen MR) is 41.0 cm³/mol. The fourth-order valence-corrected chi connectivity index (χ4v) is 0.289. The van der Waals surface area contributed by atoms with Gasteiger partial charge in [-0.3, -0.25) is 0 Å². The Morgan fingerprint density at radius 3 is 1.38 bits per heavy atom. The van der Waals surface area contributed by atoms with Crippen molar-refractivity contribution in [1.29, 1.82) is 0 Å². The Bertz CT molecular complexity index is 27.0. The van der Waals surface area contributed by atoms with E-state index in [1.807, 2.05) is 0 Å². The highest BCUT2D eigenvalue weighted by Gasteiger charge is 1.88. The van der Waals surface area contributed by atoms with Gasteiger partial charge in [0.05, 0.1) is 0 Å². The van der Waals surface area contributed by atoms with Crippen LogP contribution in [0.1, 0.15) is 33.6 Å². The van der Waals surface area contributed by atoms with Gasteiger partial charge in [0.25, 0.3) is 0 Å². The SMILES string of the molecule is C=C.CCC(C)CC. The lowest BCUT2D eigenvalue weighted by Crippen LogP contribution is -1.85. The molecule has 0 amide bonds. The van der Waals surface area contributed by atoms with Gasteiger partial charge in [-0.1, -0.05) is 33.6 Å². The first-order valence-electron chi connectivity index (χ1n) is 3.31. The maximum atomic E-state index is 3.00. The summed E-state index contributed by atoms with van der Waals surface area (Å²) in [5.41, 5.74) is 0. The Kier molecular flexibility index (Phi) is 13.2. The second-order valence-electron chi connectivity index (χ2n) is 1.92. The molecule has 0 rings (SSSR count). The maximum absolute atomic E-state index is 3.00. The Labute approximate surface area is 53.6 Å². The zero-order valence-corrected chi connectivity index (χ0v) is 6.41. The minimum absolute atomic E-state index is 0.935. The first-order valence-corrected chi connectivity index (χ1v) is 3.31. The van der Waals surface area contributed by atoms with E-state index in [9.17, 15) is 0 Å². The number of hydrogen-bond donors (Lipinski definition) is 0. The van der Waals surface area contributed by atoms with E-state index in [1.54, 1.807) is 0 Å². The molecule has 0 aliphatic heterocycles. The topological polar surface area (TPSA) is 0 Å². The quantitative estimate of drug-likeness (QED) is 0.483. The van der Waals surface area contributed by atoms with E-state index in [-0.39, 0.29) is 0 Å². The highest BCUT2D eigenvalue weighted by molar-refractivity contribution is 4.41. The summed E-state index contributed by atoms with van der Waals surface area (Å²) in [6, 6.07) is 0. The molecule has 0 unspecified atom stereocenters. The molecule has 0 radical (unpaired) electrons. The molecule has 50 valence electrons. The van der Waals surface area contributed by atoms with E-state index in [2.05, 4.69) is 33.9 Å². The normalized spacial score (nSPS) is 8.00. The van der Waals surface area contributed by atoms with Gasteiger partial charge in [0, 0.05) is 0 Å². The molecular formula is C8H18. The van der Waals surface area contributed by atoms with Crippen molar-refractivity contribution in [2.24, 2.45) is 5.92 Å². The van der Waals surface area contributed by atoms with Gasteiger partial charge in [0.1, 0.15) is 0 Å². The average Bonchev–Trinajstić information content (AvgIpc) is 1.91. The molecule has 8 heavy (non-hydrogen) atoms. The van der Waals surface area contributed by atoms with Crippen LogP contribution in [0.5, 0.6) is 0 Å². The summed E-state index contributed by atoms with van der Waals surface area (Å²) in [7, 11) is 0.